The Morgan fingerprint density at radius 3 is 2.67 bits per heavy atom. The van der Waals surface area contributed by atoms with Crippen LogP contribution in [0.25, 0.3) is 0 Å². The highest BCUT2D eigenvalue weighted by molar-refractivity contribution is 5.96. The predicted octanol–water partition coefficient (Wildman–Crippen LogP) is 1.46. The minimum atomic E-state index is -0.421. The van der Waals surface area contributed by atoms with Gasteiger partial charge in [0.1, 0.15) is 0 Å². The number of nitrogens with one attached hydrogen (secondary N) is 1. The molecule has 0 aromatic heterocycles. The zero-order valence-electron chi connectivity index (χ0n) is 10.8. The van der Waals surface area contributed by atoms with Crippen LogP contribution in [0.2, 0.25) is 0 Å². The van der Waals surface area contributed by atoms with Crippen LogP contribution in [0.3, 0.4) is 0 Å². The molecule has 5 nitrogen and oxygen atoms in total. The summed E-state index contributed by atoms with van der Waals surface area (Å²) >= 11 is 0. The molecule has 1 atom stereocenters. The number of rotatable bonds is 4. The number of carbonyl (C=O) groups is 2. The van der Waals surface area contributed by atoms with Crippen LogP contribution in [0.4, 0.5) is 5.69 Å². The highest BCUT2D eigenvalue weighted by Crippen LogP contribution is 2.19. The third kappa shape index (κ3) is 3.56. The summed E-state index contributed by atoms with van der Waals surface area (Å²) in [5.41, 5.74) is 7.27. The number of benzene rings is 1. The molecular formula is C13H18N2O3. The maximum Gasteiger partial charge on any atom is 0.338 e. The van der Waals surface area contributed by atoms with E-state index in [1.807, 2.05) is 0 Å². The van der Waals surface area contributed by atoms with Crippen LogP contribution in [0.15, 0.2) is 18.2 Å². The van der Waals surface area contributed by atoms with Gasteiger partial charge in [-0.15, -0.1) is 0 Å². The van der Waals surface area contributed by atoms with E-state index in [2.05, 4.69) is 10.1 Å². The highest BCUT2D eigenvalue weighted by atomic mass is 16.5. The van der Waals surface area contributed by atoms with Gasteiger partial charge in [0, 0.05) is 18.2 Å². The summed E-state index contributed by atoms with van der Waals surface area (Å²) in [5.74, 6) is -0.592. The first-order valence-corrected chi connectivity index (χ1v) is 5.69. The quantitative estimate of drug-likeness (QED) is 0.793. The molecule has 98 valence electrons. The van der Waals surface area contributed by atoms with Crippen molar-refractivity contribution < 1.29 is 14.3 Å². The lowest BCUT2D eigenvalue weighted by Gasteiger charge is -2.12. The first kappa shape index (κ1) is 14.2. The molecule has 5 heteroatoms. The van der Waals surface area contributed by atoms with Crippen molar-refractivity contribution in [1.82, 2.24) is 0 Å². The van der Waals surface area contributed by atoms with E-state index in [1.54, 1.807) is 32.0 Å². The number of ether oxygens (including phenoxy) is 1. The van der Waals surface area contributed by atoms with Crippen molar-refractivity contribution in [2.75, 3.05) is 12.4 Å². The Kier molecular flexibility index (Phi) is 4.85. The molecule has 0 radical (unpaired) electrons. The van der Waals surface area contributed by atoms with Crippen molar-refractivity contribution >= 4 is 17.6 Å². The van der Waals surface area contributed by atoms with Gasteiger partial charge >= 0.3 is 5.97 Å². The first-order valence-electron chi connectivity index (χ1n) is 5.69. The number of hydrogen-bond acceptors (Lipinski definition) is 4. The van der Waals surface area contributed by atoms with Gasteiger partial charge in [0.05, 0.1) is 12.7 Å². The maximum absolute atomic E-state index is 11.6. The summed E-state index contributed by atoms with van der Waals surface area (Å²) in [5, 5.41) is 2.73. The molecule has 0 saturated heterocycles. The van der Waals surface area contributed by atoms with E-state index < -0.39 is 5.97 Å². The molecular weight excluding hydrogens is 232 g/mol. The molecule has 0 fully saturated rings. The molecule has 1 rings (SSSR count). The standard InChI is InChI=1S/C13H18N2O3/c1-8(14)7-12(16)15-11-6-4-5-10(9(11)2)13(17)18-3/h4-6,8H,7,14H2,1-3H3,(H,15,16). The minimum absolute atomic E-state index is 0.171. The van der Waals surface area contributed by atoms with Gasteiger partial charge in [0.2, 0.25) is 5.91 Å². The molecule has 1 aromatic rings. The predicted molar refractivity (Wildman–Crippen MR) is 69.4 cm³/mol. The Hall–Kier alpha value is -1.88. The first-order chi connectivity index (χ1) is 8.45. The molecule has 0 heterocycles. The second-order valence-corrected chi connectivity index (χ2v) is 4.20. The highest BCUT2D eigenvalue weighted by Gasteiger charge is 2.13. The van der Waals surface area contributed by atoms with E-state index in [0.29, 0.717) is 16.8 Å². The van der Waals surface area contributed by atoms with Crippen molar-refractivity contribution in [1.29, 1.82) is 0 Å². The molecule has 1 aromatic carbocycles. The Balaban J connectivity index is 2.91. The molecule has 1 unspecified atom stereocenters. The van der Waals surface area contributed by atoms with Gasteiger partial charge in [0.15, 0.2) is 0 Å². The number of hydrogen-bond donors (Lipinski definition) is 2. The van der Waals surface area contributed by atoms with E-state index >= 15 is 0 Å². The Bertz CT molecular complexity index is 456. The average Bonchev–Trinajstić information content (AvgIpc) is 2.30. The smallest absolute Gasteiger partial charge is 0.338 e. The van der Waals surface area contributed by atoms with Crippen LogP contribution in [-0.2, 0) is 9.53 Å². The van der Waals surface area contributed by atoms with Gasteiger partial charge in [-0.3, -0.25) is 4.79 Å². The van der Waals surface area contributed by atoms with Crippen LogP contribution in [0, 0.1) is 6.92 Å². The number of nitrogens with two attached hydrogens (primary N) is 1. The van der Waals surface area contributed by atoms with E-state index in [1.165, 1.54) is 7.11 Å². The monoisotopic (exact) mass is 250 g/mol. The van der Waals surface area contributed by atoms with Crippen molar-refractivity contribution in [2.45, 2.75) is 26.3 Å². The Labute approximate surface area is 106 Å². The third-order valence-corrected chi connectivity index (χ3v) is 2.52. The Morgan fingerprint density at radius 2 is 2.11 bits per heavy atom. The van der Waals surface area contributed by atoms with Crippen molar-refractivity contribution in [3.63, 3.8) is 0 Å². The summed E-state index contributed by atoms with van der Waals surface area (Å²) in [6.45, 7) is 3.52. The number of methoxy groups -OCH3 is 1. The summed E-state index contributed by atoms with van der Waals surface area (Å²) in [6, 6.07) is 4.89. The topological polar surface area (TPSA) is 81.4 Å². The van der Waals surface area contributed by atoms with Crippen LogP contribution < -0.4 is 11.1 Å². The van der Waals surface area contributed by atoms with Crippen LogP contribution in [0.1, 0.15) is 29.3 Å². The fraction of sp³-hybridized carbons (Fsp3) is 0.385. The zero-order valence-corrected chi connectivity index (χ0v) is 10.8. The lowest BCUT2D eigenvalue weighted by atomic mass is 10.1. The van der Waals surface area contributed by atoms with Gasteiger partial charge < -0.3 is 15.8 Å². The van der Waals surface area contributed by atoms with Gasteiger partial charge in [-0.1, -0.05) is 6.07 Å². The van der Waals surface area contributed by atoms with Gasteiger partial charge in [0.25, 0.3) is 0 Å². The Morgan fingerprint density at radius 1 is 1.44 bits per heavy atom. The second-order valence-electron chi connectivity index (χ2n) is 4.20. The average molecular weight is 250 g/mol. The van der Waals surface area contributed by atoms with E-state index in [4.69, 9.17) is 5.73 Å². The fourth-order valence-electron chi connectivity index (χ4n) is 1.60. The number of amides is 1. The van der Waals surface area contributed by atoms with Crippen LogP contribution in [0.5, 0.6) is 0 Å². The molecule has 0 aliphatic rings. The second kappa shape index (κ2) is 6.16. The van der Waals surface area contributed by atoms with E-state index in [-0.39, 0.29) is 18.4 Å². The molecule has 3 N–H and O–H groups in total. The van der Waals surface area contributed by atoms with Crippen molar-refractivity contribution in [2.24, 2.45) is 5.73 Å². The molecule has 0 saturated carbocycles. The van der Waals surface area contributed by atoms with Gasteiger partial charge in [-0.05, 0) is 31.5 Å². The third-order valence-electron chi connectivity index (χ3n) is 2.52. The summed E-state index contributed by atoms with van der Waals surface area (Å²) in [4.78, 5) is 23.1. The minimum Gasteiger partial charge on any atom is -0.465 e. The van der Waals surface area contributed by atoms with Crippen LogP contribution in [-0.4, -0.2) is 25.0 Å². The normalized spacial score (nSPS) is 11.8. The lowest BCUT2D eigenvalue weighted by Crippen LogP contribution is -2.24. The molecule has 0 bridgehead atoms. The summed E-state index contributed by atoms with van der Waals surface area (Å²) in [7, 11) is 1.32. The molecule has 18 heavy (non-hydrogen) atoms. The fourth-order valence-corrected chi connectivity index (χ4v) is 1.60. The van der Waals surface area contributed by atoms with E-state index in [9.17, 15) is 9.59 Å². The zero-order chi connectivity index (χ0) is 13.7. The van der Waals surface area contributed by atoms with Crippen LogP contribution >= 0.6 is 0 Å². The number of anilines is 1. The number of esters is 1. The molecule has 0 aliphatic heterocycles. The van der Waals surface area contributed by atoms with Gasteiger partial charge in [-0.25, -0.2) is 4.79 Å². The molecule has 0 spiro atoms. The molecule has 0 aliphatic carbocycles. The number of carbonyl (C=O) groups excluding carboxylic acids is 2. The van der Waals surface area contributed by atoms with E-state index in [0.717, 1.165) is 0 Å². The summed E-state index contributed by atoms with van der Waals surface area (Å²) < 4.78 is 4.67. The maximum atomic E-state index is 11.6. The molecule has 1 amide bonds. The SMILES string of the molecule is COC(=O)c1cccc(NC(=O)CC(C)N)c1C. The van der Waals surface area contributed by atoms with Gasteiger partial charge in [-0.2, -0.15) is 0 Å². The van der Waals surface area contributed by atoms with Crippen molar-refractivity contribution in [3.8, 4) is 0 Å². The summed E-state index contributed by atoms with van der Waals surface area (Å²) in [6.07, 6.45) is 0.238. The largest absolute Gasteiger partial charge is 0.465 e. The lowest BCUT2D eigenvalue weighted by molar-refractivity contribution is -0.116. The van der Waals surface area contributed by atoms with Crippen molar-refractivity contribution in [3.05, 3.63) is 29.3 Å².